The van der Waals surface area contributed by atoms with Gasteiger partial charge < -0.3 is 5.73 Å². The van der Waals surface area contributed by atoms with Gasteiger partial charge in [0.1, 0.15) is 5.88 Å². The summed E-state index contributed by atoms with van der Waals surface area (Å²) in [5.41, 5.74) is 4.47. The predicted octanol–water partition coefficient (Wildman–Crippen LogP) is -2.13. The average molecular weight is 201 g/mol. The summed E-state index contributed by atoms with van der Waals surface area (Å²) in [6.07, 6.45) is 0. The van der Waals surface area contributed by atoms with Gasteiger partial charge in [-0.15, -0.1) is 0 Å². The van der Waals surface area contributed by atoms with Crippen LogP contribution in [0.3, 0.4) is 0 Å². The van der Waals surface area contributed by atoms with E-state index in [4.69, 9.17) is 4.55 Å². The fourth-order valence-corrected chi connectivity index (χ4v) is 0. The Morgan fingerprint density at radius 2 is 1.71 bits per heavy atom. The second-order valence-corrected chi connectivity index (χ2v) is 2.25. The number of hydrogen-bond donors (Lipinski definition) is 2. The first kappa shape index (κ1) is 11.2. The summed E-state index contributed by atoms with van der Waals surface area (Å²) in [4.78, 5) is 0. The third kappa shape index (κ3) is 11.1. The van der Waals surface area contributed by atoms with E-state index in [2.05, 4.69) is 5.73 Å². The van der Waals surface area contributed by atoms with E-state index in [0.717, 1.165) is 0 Å². The molecule has 0 fully saturated rings. The van der Waals surface area contributed by atoms with Crippen molar-refractivity contribution in [3.05, 3.63) is 0 Å². The Hall–Kier alpha value is 1.35. The Morgan fingerprint density at radius 1 is 1.57 bits per heavy atom. The van der Waals surface area contributed by atoms with E-state index in [-0.39, 0.29) is 45.5 Å². The van der Waals surface area contributed by atoms with Crippen LogP contribution in [0.5, 0.6) is 0 Å². The maximum atomic E-state index is 9.43. The Labute approximate surface area is 79.1 Å². The quantitative estimate of drug-likeness (QED) is 0.375. The summed E-state index contributed by atoms with van der Waals surface area (Å²) >= 11 is 0. The van der Waals surface area contributed by atoms with E-state index >= 15 is 0 Å². The van der Waals surface area contributed by atoms with Gasteiger partial charge >= 0.3 is 45.5 Å². The first-order valence-electron chi connectivity index (χ1n) is 1.21. The Bertz CT molecular complexity index is 117. The molecule has 4 nitrogen and oxygen atoms in total. The van der Waals surface area contributed by atoms with Gasteiger partial charge in [0.05, 0.1) is 0 Å². The number of rotatable bonds is 1. The summed E-state index contributed by atoms with van der Waals surface area (Å²) in [5.74, 6) is -0.701. The third-order valence-corrected chi connectivity index (χ3v) is 0.632. The van der Waals surface area contributed by atoms with Gasteiger partial charge in [-0.05, 0) is 0 Å². The molecule has 0 aliphatic heterocycles. The van der Waals surface area contributed by atoms with Crippen LogP contribution in [0.15, 0.2) is 0 Å². The first-order chi connectivity index (χ1) is 2.56. The SMILES string of the molecule is NCS(=O)(=O)O.[SrH2]. The Kier molecular flexibility index (Phi) is 6.79. The van der Waals surface area contributed by atoms with Gasteiger partial charge in [0.25, 0.3) is 10.1 Å². The standard InChI is InChI=1S/CH5NO3S.Sr.2H/c2-1-6(3,4)5;;;/h1-2H2,(H,3,4,5);;;. The van der Waals surface area contributed by atoms with Crippen LogP contribution in [0, 0.1) is 0 Å². The molecule has 42 valence electrons. The molecule has 0 spiro atoms. The summed E-state index contributed by atoms with van der Waals surface area (Å²) < 4.78 is 26.5. The molecule has 0 radical (unpaired) electrons. The summed E-state index contributed by atoms with van der Waals surface area (Å²) in [5, 5.41) is 0. The van der Waals surface area contributed by atoms with Gasteiger partial charge in [-0.2, -0.15) is 8.42 Å². The van der Waals surface area contributed by atoms with E-state index in [9.17, 15) is 8.42 Å². The van der Waals surface area contributed by atoms with E-state index in [0.29, 0.717) is 0 Å². The number of nitrogens with two attached hydrogens (primary N) is 1. The Morgan fingerprint density at radius 3 is 1.71 bits per heavy atom. The zero-order valence-electron chi connectivity index (χ0n) is 2.96. The maximum absolute atomic E-state index is 9.43. The van der Waals surface area contributed by atoms with Crippen LogP contribution < -0.4 is 5.73 Å². The van der Waals surface area contributed by atoms with Gasteiger partial charge in [-0.3, -0.25) is 4.55 Å². The zero-order chi connectivity index (χ0) is 5.21. The summed E-state index contributed by atoms with van der Waals surface area (Å²) in [7, 11) is -3.88. The molecule has 3 N–H and O–H groups in total. The molecule has 0 unspecified atom stereocenters. The molecule has 0 saturated carbocycles. The molecule has 0 aliphatic carbocycles. The molecule has 0 rings (SSSR count). The second kappa shape index (κ2) is 4.25. The summed E-state index contributed by atoms with van der Waals surface area (Å²) in [6, 6.07) is 0. The second-order valence-electron chi connectivity index (χ2n) is 0.749. The molecule has 0 aliphatic rings. The van der Waals surface area contributed by atoms with Gasteiger partial charge in [-0.1, -0.05) is 0 Å². The monoisotopic (exact) mass is 201 g/mol. The molecule has 0 heterocycles. The molecule has 0 atom stereocenters. The van der Waals surface area contributed by atoms with Gasteiger partial charge in [0.15, 0.2) is 0 Å². The molecular formula is CH7NO3SSr. The predicted molar refractivity (Wildman–Crippen MR) is 29.1 cm³/mol. The minimum atomic E-state index is -3.88. The molecule has 7 heavy (non-hydrogen) atoms. The molecule has 0 aromatic rings. The molecule has 0 aromatic carbocycles. The van der Waals surface area contributed by atoms with Gasteiger partial charge in [0.2, 0.25) is 0 Å². The van der Waals surface area contributed by atoms with Crippen LogP contribution >= 0.6 is 0 Å². The van der Waals surface area contributed by atoms with E-state index in [1.807, 2.05) is 0 Å². The summed E-state index contributed by atoms with van der Waals surface area (Å²) in [6.45, 7) is 0. The van der Waals surface area contributed by atoms with Crippen molar-refractivity contribution in [3.63, 3.8) is 0 Å². The molecular weight excluding hydrogens is 194 g/mol. The van der Waals surface area contributed by atoms with E-state index in [1.54, 1.807) is 0 Å². The van der Waals surface area contributed by atoms with Crippen molar-refractivity contribution in [2.45, 2.75) is 0 Å². The van der Waals surface area contributed by atoms with Crippen LogP contribution in [-0.2, 0) is 10.1 Å². The van der Waals surface area contributed by atoms with Crippen LogP contribution in [0.4, 0.5) is 0 Å². The fraction of sp³-hybridized carbons (Fsp3) is 1.00. The van der Waals surface area contributed by atoms with Crippen LogP contribution in [-0.4, -0.2) is 64.3 Å². The van der Waals surface area contributed by atoms with Crippen molar-refractivity contribution in [1.82, 2.24) is 0 Å². The molecule has 0 aromatic heterocycles. The van der Waals surface area contributed by atoms with Gasteiger partial charge in [-0.25, -0.2) is 0 Å². The van der Waals surface area contributed by atoms with Crippen molar-refractivity contribution in [3.8, 4) is 0 Å². The topological polar surface area (TPSA) is 80.4 Å². The van der Waals surface area contributed by atoms with Crippen molar-refractivity contribution < 1.29 is 13.0 Å². The molecule has 0 bridgehead atoms. The minimum absolute atomic E-state index is 0. The van der Waals surface area contributed by atoms with Gasteiger partial charge in [0, 0.05) is 0 Å². The first-order valence-corrected chi connectivity index (χ1v) is 2.82. The van der Waals surface area contributed by atoms with Crippen molar-refractivity contribution >= 4 is 55.6 Å². The Balaban J connectivity index is 0. The molecule has 6 heteroatoms. The fourth-order valence-electron chi connectivity index (χ4n) is 0. The number of hydrogen-bond acceptors (Lipinski definition) is 3. The molecule has 0 amide bonds. The van der Waals surface area contributed by atoms with Crippen LogP contribution in [0.1, 0.15) is 0 Å². The third-order valence-electron chi connectivity index (χ3n) is 0.211. The molecule has 0 saturated heterocycles. The normalized spacial score (nSPS) is 10.0. The zero-order valence-corrected chi connectivity index (χ0v) is 3.77. The average Bonchev–Trinajstić information content (AvgIpc) is 1.35. The van der Waals surface area contributed by atoms with Crippen molar-refractivity contribution in [2.75, 3.05) is 5.88 Å². The van der Waals surface area contributed by atoms with E-state index in [1.165, 1.54) is 0 Å². The van der Waals surface area contributed by atoms with Crippen molar-refractivity contribution in [2.24, 2.45) is 5.73 Å². The van der Waals surface area contributed by atoms with Crippen LogP contribution in [0.2, 0.25) is 0 Å². The van der Waals surface area contributed by atoms with Crippen LogP contribution in [0.25, 0.3) is 0 Å². The van der Waals surface area contributed by atoms with E-state index < -0.39 is 16.0 Å². The van der Waals surface area contributed by atoms with Crippen molar-refractivity contribution in [1.29, 1.82) is 0 Å².